The SMILES string of the molecule is NCC(Cc1ccc(Cl)c(Cl)c1)c1ccccc1F. The van der Waals surface area contributed by atoms with E-state index in [1.54, 1.807) is 24.3 Å². The molecule has 0 amide bonds. The molecule has 100 valence electrons. The molecule has 0 saturated heterocycles. The molecule has 1 nitrogen and oxygen atoms in total. The zero-order valence-corrected chi connectivity index (χ0v) is 11.8. The van der Waals surface area contributed by atoms with Crippen LogP contribution in [0.15, 0.2) is 42.5 Å². The normalized spacial score (nSPS) is 12.4. The summed E-state index contributed by atoms with van der Waals surface area (Å²) in [4.78, 5) is 0. The van der Waals surface area contributed by atoms with Crippen LogP contribution in [0.2, 0.25) is 10.0 Å². The summed E-state index contributed by atoms with van der Waals surface area (Å²) < 4.78 is 13.8. The summed E-state index contributed by atoms with van der Waals surface area (Å²) in [6.07, 6.45) is 0.633. The van der Waals surface area contributed by atoms with Crippen LogP contribution >= 0.6 is 23.2 Å². The van der Waals surface area contributed by atoms with E-state index in [-0.39, 0.29) is 11.7 Å². The van der Waals surface area contributed by atoms with Gasteiger partial charge in [0.15, 0.2) is 0 Å². The topological polar surface area (TPSA) is 26.0 Å². The molecule has 0 aromatic heterocycles. The van der Waals surface area contributed by atoms with E-state index < -0.39 is 0 Å². The molecule has 1 unspecified atom stereocenters. The van der Waals surface area contributed by atoms with Crippen LogP contribution in [0, 0.1) is 5.82 Å². The highest BCUT2D eigenvalue weighted by Crippen LogP contribution is 2.27. The third-order valence-corrected chi connectivity index (χ3v) is 3.83. The number of hydrogen-bond acceptors (Lipinski definition) is 1. The number of benzene rings is 2. The van der Waals surface area contributed by atoms with Gasteiger partial charge < -0.3 is 5.73 Å². The lowest BCUT2D eigenvalue weighted by molar-refractivity contribution is 0.576. The van der Waals surface area contributed by atoms with Gasteiger partial charge >= 0.3 is 0 Å². The Balaban J connectivity index is 2.24. The van der Waals surface area contributed by atoms with E-state index in [1.807, 2.05) is 12.1 Å². The third-order valence-electron chi connectivity index (χ3n) is 3.10. The molecule has 2 aromatic carbocycles. The number of halogens is 3. The summed E-state index contributed by atoms with van der Waals surface area (Å²) in [7, 11) is 0. The minimum atomic E-state index is -0.224. The Hall–Kier alpha value is -1.09. The average molecular weight is 298 g/mol. The molecular weight excluding hydrogens is 284 g/mol. The standard InChI is InChI=1S/C15H14Cl2FN/c16-13-6-5-10(8-14(13)17)7-11(9-19)12-3-1-2-4-15(12)18/h1-6,8,11H,7,9,19H2. The summed E-state index contributed by atoms with van der Waals surface area (Å²) in [6.45, 7) is 0.376. The predicted molar refractivity (Wildman–Crippen MR) is 78.4 cm³/mol. The van der Waals surface area contributed by atoms with E-state index in [1.165, 1.54) is 6.07 Å². The minimum absolute atomic E-state index is 0.0709. The first-order valence-electron chi connectivity index (χ1n) is 6.00. The fraction of sp³-hybridized carbons (Fsp3) is 0.200. The summed E-state index contributed by atoms with van der Waals surface area (Å²) in [5, 5.41) is 1.02. The van der Waals surface area contributed by atoms with E-state index in [9.17, 15) is 4.39 Å². The fourth-order valence-electron chi connectivity index (χ4n) is 2.08. The first-order valence-corrected chi connectivity index (χ1v) is 6.76. The van der Waals surface area contributed by atoms with E-state index in [2.05, 4.69) is 0 Å². The first kappa shape index (κ1) is 14.3. The molecule has 19 heavy (non-hydrogen) atoms. The molecule has 4 heteroatoms. The zero-order chi connectivity index (χ0) is 13.8. The smallest absolute Gasteiger partial charge is 0.126 e. The Labute approximate surface area is 122 Å². The molecule has 0 aliphatic rings. The zero-order valence-electron chi connectivity index (χ0n) is 10.2. The molecule has 2 rings (SSSR count). The Morgan fingerprint density at radius 2 is 1.79 bits per heavy atom. The van der Waals surface area contributed by atoms with Crippen molar-refractivity contribution in [2.75, 3.05) is 6.54 Å². The van der Waals surface area contributed by atoms with Gasteiger partial charge in [-0.05, 0) is 42.3 Å². The maximum atomic E-state index is 13.8. The third kappa shape index (κ3) is 3.47. The van der Waals surface area contributed by atoms with Gasteiger partial charge in [0.1, 0.15) is 5.82 Å². The van der Waals surface area contributed by atoms with Crippen molar-refractivity contribution < 1.29 is 4.39 Å². The molecule has 1 atom stereocenters. The van der Waals surface area contributed by atoms with Crippen molar-refractivity contribution in [1.82, 2.24) is 0 Å². The van der Waals surface area contributed by atoms with Gasteiger partial charge in [0.25, 0.3) is 0 Å². The van der Waals surface area contributed by atoms with Gasteiger partial charge in [-0.3, -0.25) is 0 Å². The van der Waals surface area contributed by atoms with Gasteiger partial charge in [-0.2, -0.15) is 0 Å². The second kappa shape index (κ2) is 6.38. The highest BCUT2D eigenvalue weighted by molar-refractivity contribution is 6.42. The van der Waals surface area contributed by atoms with Crippen molar-refractivity contribution in [3.63, 3.8) is 0 Å². The van der Waals surface area contributed by atoms with Crippen LogP contribution in [0.3, 0.4) is 0 Å². The van der Waals surface area contributed by atoms with Gasteiger partial charge in [0, 0.05) is 5.92 Å². The van der Waals surface area contributed by atoms with Gasteiger partial charge in [-0.25, -0.2) is 4.39 Å². The van der Waals surface area contributed by atoms with Crippen molar-refractivity contribution >= 4 is 23.2 Å². The Kier molecular flexibility index (Phi) is 4.81. The van der Waals surface area contributed by atoms with Crippen LogP contribution in [0.25, 0.3) is 0 Å². The lowest BCUT2D eigenvalue weighted by Crippen LogP contribution is -2.16. The van der Waals surface area contributed by atoms with E-state index in [0.29, 0.717) is 28.6 Å². The van der Waals surface area contributed by atoms with E-state index in [4.69, 9.17) is 28.9 Å². The van der Waals surface area contributed by atoms with E-state index >= 15 is 0 Å². The second-order valence-electron chi connectivity index (χ2n) is 4.41. The average Bonchev–Trinajstić information content (AvgIpc) is 2.41. The Bertz CT molecular complexity index is 572. The molecule has 2 N–H and O–H groups in total. The number of hydrogen-bond donors (Lipinski definition) is 1. The second-order valence-corrected chi connectivity index (χ2v) is 5.22. The maximum Gasteiger partial charge on any atom is 0.126 e. The summed E-state index contributed by atoms with van der Waals surface area (Å²) in [5.41, 5.74) is 7.39. The van der Waals surface area contributed by atoms with Gasteiger partial charge in [-0.15, -0.1) is 0 Å². The molecule has 0 heterocycles. The van der Waals surface area contributed by atoms with Gasteiger partial charge in [-0.1, -0.05) is 47.5 Å². The highest BCUT2D eigenvalue weighted by atomic mass is 35.5. The van der Waals surface area contributed by atoms with Crippen molar-refractivity contribution in [3.8, 4) is 0 Å². The van der Waals surface area contributed by atoms with Crippen molar-refractivity contribution in [2.45, 2.75) is 12.3 Å². The molecule has 0 saturated carbocycles. The van der Waals surface area contributed by atoms with Crippen LogP contribution in [0.1, 0.15) is 17.0 Å². The fourth-order valence-corrected chi connectivity index (χ4v) is 2.40. The largest absolute Gasteiger partial charge is 0.330 e. The molecule has 0 aliphatic heterocycles. The molecule has 0 bridgehead atoms. The minimum Gasteiger partial charge on any atom is -0.330 e. The molecule has 2 aromatic rings. The van der Waals surface area contributed by atoms with Gasteiger partial charge in [0.05, 0.1) is 10.0 Å². The summed E-state index contributed by atoms with van der Waals surface area (Å²) >= 11 is 11.9. The summed E-state index contributed by atoms with van der Waals surface area (Å²) in [5.74, 6) is -0.295. The van der Waals surface area contributed by atoms with Crippen LogP contribution in [0.5, 0.6) is 0 Å². The molecule has 0 radical (unpaired) electrons. The monoisotopic (exact) mass is 297 g/mol. The van der Waals surface area contributed by atoms with Crippen molar-refractivity contribution in [3.05, 3.63) is 69.5 Å². The van der Waals surface area contributed by atoms with Crippen molar-refractivity contribution in [1.29, 1.82) is 0 Å². The number of rotatable bonds is 4. The van der Waals surface area contributed by atoms with Crippen LogP contribution in [0.4, 0.5) is 4.39 Å². The quantitative estimate of drug-likeness (QED) is 0.888. The Morgan fingerprint density at radius 1 is 1.05 bits per heavy atom. The molecule has 0 spiro atoms. The van der Waals surface area contributed by atoms with Crippen LogP contribution in [-0.4, -0.2) is 6.54 Å². The predicted octanol–water partition coefficient (Wildman–Crippen LogP) is 4.42. The molecular formula is C15H14Cl2FN. The highest BCUT2D eigenvalue weighted by Gasteiger charge is 2.15. The Morgan fingerprint density at radius 3 is 2.42 bits per heavy atom. The van der Waals surface area contributed by atoms with Gasteiger partial charge in [0.2, 0.25) is 0 Å². The van der Waals surface area contributed by atoms with Crippen LogP contribution in [-0.2, 0) is 6.42 Å². The lowest BCUT2D eigenvalue weighted by atomic mass is 9.92. The van der Waals surface area contributed by atoms with Crippen molar-refractivity contribution in [2.24, 2.45) is 5.73 Å². The first-order chi connectivity index (χ1) is 9.11. The summed E-state index contributed by atoms with van der Waals surface area (Å²) in [6, 6.07) is 12.1. The van der Waals surface area contributed by atoms with Crippen LogP contribution < -0.4 is 5.73 Å². The molecule has 0 aliphatic carbocycles. The number of nitrogens with two attached hydrogens (primary N) is 1. The van der Waals surface area contributed by atoms with E-state index in [0.717, 1.165) is 5.56 Å². The maximum absolute atomic E-state index is 13.8. The lowest BCUT2D eigenvalue weighted by Gasteiger charge is -2.16. The molecule has 0 fully saturated rings.